The molecule has 0 unspecified atom stereocenters. The van der Waals surface area contributed by atoms with Crippen molar-refractivity contribution in [1.82, 2.24) is 0 Å². The van der Waals surface area contributed by atoms with Gasteiger partial charge in [0.25, 0.3) is 5.91 Å². The summed E-state index contributed by atoms with van der Waals surface area (Å²) in [6.07, 6.45) is 0.818. The minimum atomic E-state index is -0.125. The van der Waals surface area contributed by atoms with Crippen molar-refractivity contribution in [3.8, 4) is 0 Å². The molecule has 0 heterocycles. The standard InChI is InChI=1S/C16H17BrN2O/c1-3-11-6-4-5-7-13(11)16(20)19-15-10(2)8-12(17)9-14(15)18/h4-9H,3,18H2,1-2H3,(H,19,20). The van der Waals surface area contributed by atoms with Gasteiger partial charge in [-0.05, 0) is 42.7 Å². The Labute approximate surface area is 127 Å². The molecule has 0 saturated carbocycles. The molecule has 2 rings (SSSR count). The second-order valence-electron chi connectivity index (χ2n) is 4.65. The number of nitrogens with one attached hydrogen (secondary N) is 1. The van der Waals surface area contributed by atoms with Crippen LogP contribution in [0.5, 0.6) is 0 Å². The molecule has 0 atom stereocenters. The summed E-state index contributed by atoms with van der Waals surface area (Å²) in [4.78, 5) is 12.4. The maximum Gasteiger partial charge on any atom is 0.256 e. The number of carbonyl (C=O) groups excluding carboxylic acids is 1. The van der Waals surface area contributed by atoms with E-state index in [0.717, 1.165) is 22.0 Å². The van der Waals surface area contributed by atoms with Crippen LogP contribution in [0.4, 0.5) is 11.4 Å². The van der Waals surface area contributed by atoms with Gasteiger partial charge in [0.05, 0.1) is 11.4 Å². The molecule has 0 spiro atoms. The van der Waals surface area contributed by atoms with Crippen LogP contribution in [0.15, 0.2) is 40.9 Å². The van der Waals surface area contributed by atoms with Crippen LogP contribution >= 0.6 is 15.9 Å². The van der Waals surface area contributed by atoms with Crippen molar-refractivity contribution in [1.29, 1.82) is 0 Å². The first kappa shape index (κ1) is 14.6. The normalized spacial score (nSPS) is 10.3. The van der Waals surface area contributed by atoms with Crippen molar-refractivity contribution >= 4 is 33.2 Å². The van der Waals surface area contributed by atoms with Crippen molar-refractivity contribution < 1.29 is 4.79 Å². The number of halogens is 1. The predicted molar refractivity (Wildman–Crippen MR) is 87.1 cm³/mol. The quantitative estimate of drug-likeness (QED) is 0.829. The zero-order valence-corrected chi connectivity index (χ0v) is 13.1. The van der Waals surface area contributed by atoms with Crippen molar-refractivity contribution in [2.45, 2.75) is 20.3 Å². The van der Waals surface area contributed by atoms with E-state index in [4.69, 9.17) is 5.73 Å². The molecule has 20 heavy (non-hydrogen) atoms. The van der Waals surface area contributed by atoms with Crippen LogP contribution in [0.25, 0.3) is 0 Å². The molecule has 1 amide bonds. The molecule has 2 aromatic carbocycles. The Balaban J connectivity index is 2.33. The summed E-state index contributed by atoms with van der Waals surface area (Å²) >= 11 is 3.39. The maximum absolute atomic E-state index is 12.4. The fraction of sp³-hybridized carbons (Fsp3) is 0.188. The Kier molecular flexibility index (Phi) is 4.45. The van der Waals surface area contributed by atoms with Crippen LogP contribution in [0.3, 0.4) is 0 Å². The number of hydrogen-bond acceptors (Lipinski definition) is 2. The van der Waals surface area contributed by atoms with Gasteiger partial charge in [-0.2, -0.15) is 0 Å². The van der Waals surface area contributed by atoms with Crippen LogP contribution in [0, 0.1) is 6.92 Å². The Morgan fingerprint density at radius 3 is 2.65 bits per heavy atom. The van der Waals surface area contributed by atoms with Crippen LogP contribution in [0.1, 0.15) is 28.4 Å². The third-order valence-corrected chi connectivity index (χ3v) is 3.67. The predicted octanol–water partition coefficient (Wildman–Crippen LogP) is 4.15. The lowest BCUT2D eigenvalue weighted by molar-refractivity contribution is 0.102. The zero-order chi connectivity index (χ0) is 14.7. The van der Waals surface area contributed by atoms with Crippen molar-refractivity contribution in [3.63, 3.8) is 0 Å². The van der Waals surface area contributed by atoms with E-state index in [1.165, 1.54) is 0 Å². The lowest BCUT2D eigenvalue weighted by Gasteiger charge is -2.13. The van der Waals surface area contributed by atoms with E-state index in [1.54, 1.807) is 6.07 Å². The lowest BCUT2D eigenvalue weighted by atomic mass is 10.0. The summed E-state index contributed by atoms with van der Waals surface area (Å²) in [6, 6.07) is 11.3. The molecule has 104 valence electrons. The molecular formula is C16H17BrN2O. The van der Waals surface area contributed by atoms with E-state index in [-0.39, 0.29) is 5.91 Å². The first-order valence-corrected chi connectivity index (χ1v) is 7.27. The van der Waals surface area contributed by atoms with Crippen molar-refractivity contribution in [3.05, 3.63) is 57.6 Å². The molecule has 2 aromatic rings. The van der Waals surface area contributed by atoms with Gasteiger partial charge in [-0.1, -0.05) is 41.1 Å². The minimum Gasteiger partial charge on any atom is -0.397 e. The SMILES string of the molecule is CCc1ccccc1C(=O)Nc1c(C)cc(Br)cc1N. The summed E-state index contributed by atoms with van der Waals surface area (Å²) in [5, 5.41) is 2.91. The second-order valence-corrected chi connectivity index (χ2v) is 5.57. The number of hydrogen-bond donors (Lipinski definition) is 2. The number of nitrogens with two attached hydrogens (primary N) is 1. The number of anilines is 2. The van der Waals surface area contributed by atoms with Crippen LogP contribution in [0.2, 0.25) is 0 Å². The van der Waals surface area contributed by atoms with Crippen molar-refractivity contribution in [2.75, 3.05) is 11.1 Å². The van der Waals surface area contributed by atoms with E-state index >= 15 is 0 Å². The number of nitrogen functional groups attached to an aromatic ring is 1. The third-order valence-electron chi connectivity index (χ3n) is 3.21. The molecule has 0 aromatic heterocycles. The van der Waals surface area contributed by atoms with E-state index in [9.17, 15) is 4.79 Å². The molecule has 0 aliphatic heterocycles. The summed E-state index contributed by atoms with van der Waals surface area (Å²) < 4.78 is 0.902. The molecule has 0 fully saturated rings. The average Bonchev–Trinajstić information content (AvgIpc) is 2.42. The fourth-order valence-corrected chi connectivity index (χ4v) is 2.76. The smallest absolute Gasteiger partial charge is 0.256 e. The van der Waals surface area contributed by atoms with Gasteiger partial charge in [-0.15, -0.1) is 0 Å². The van der Waals surface area contributed by atoms with E-state index in [1.807, 2.05) is 44.2 Å². The highest BCUT2D eigenvalue weighted by Crippen LogP contribution is 2.28. The zero-order valence-electron chi connectivity index (χ0n) is 11.5. The molecule has 0 aliphatic carbocycles. The maximum atomic E-state index is 12.4. The molecule has 4 heteroatoms. The lowest BCUT2D eigenvalue weighted by Crippen LogP contribution is -2.16. The summed E-state index contributed by atoms with van der Waals surface area (Å²) in [5.41, 5.74) is 9.85. The van der Waals surface area contributed by atoms with Crippen molar-refractivity contribution in [2.24, 2.45) is 0 Å². The van der Waals surface area contributed by atoms with Crippen LogP contribution in [-0.4, -0.2) is 5.91 Å². The first-order chi connectivity index (χ1) is 9.52. The molecular weight excluding hydrogens is 316 g/mol. The Hall–Kier alpha value is -1.81. The van der Waals surface area contributed by atoms with Gasteiger partial charge in [-0.25, -0.2) is 0 Å². The largest absolute Gasteiger partial charge is 0.397 e. The summed E-state index contributed by atoms with van der Waals surface area (Å²) in [7, 11) is 0. The topological polar surface area (TPSA) is 55.1 Å². The van der Waals surface area contributed by atoms with Gasteiger partial charge >= 0.3 is 0 Å². The number of amides is 1. The first-order valence-electron chi connectivity index (χ1n) is 6.47. The van der Waals surface area contributed by atoms with Gasteiger partial charge in [0.2, 0.25) is 0 Å². The number of carbonyl (C=O) groups is 1. The number of benzene rings is 2. The van der Waals surface area contributed by atoms with Gasteiger partial charge < -0.3 is 11.1 Å². The van der Waals surface area contributed by atoms with E-state index in [2.05, 4.69) is 21.2 Å². The minimum absolute atomic E-state index is 0.125. The summed E-state index contributed by atoms with van der Waals surface area (Å²) in [6.45, 7) is 3.95. The van der Waals surface area contributed by atoms with Crippen LogP contribution < -0.4 is 11.1 Å². The monoisotopic (exact) mass is 332 g/mol. The summed E-state index contributed by atoms with van der Waals surface area (Å²) in [5.74, 6) is -0.125. The highest BCUT2D eigenvalue weighted by molar-refractivity contribution is 9.10. The molecule has 0 radical (unpaired) electrons. The second kappa shape index (κ2) is 6.09. The molecule has 3 nitrogen and oxygen atoms in total. The molecule has 0 aliphatic rings. The number of aryl methyl sites for hydroxylation is 2. The molecule has 3 N–H and O–H groups in total. The van der Waals surface area contributed by atoms with Gasteiger partial charge in [0, 0.05) is 10.0 Å². The highest BCUT2D eigenvalue weighted by Gasteiger charge is 2.13. The third kappa shape index (κ3) is 3.02. The van der Waals surface area contributed by atoms with Gasteiger partial charge in [-0.3, -0.25) is 4.79 Å². The van der Waals surface area contributed by atoms with Crippen LogP contribution in [-0.2, 0) is 6.42 Å². The molecule has 0 bridgehead atoms. The van der Waals surface area contributed by atoms with E-state index < -0.39 is 0 Å². The fourth-order valence-electron chi connectivity index (χ4n) is 2.17. The Bertz CT molecular complexity index is 630. The average molecular weight is 333 g/mol. The van der Waals surface area contributed by atoms with E-state index in [0.29, 0.717) is 16.9 Å². The van der Waals surface area contributed by atoms with Gasteiger partial charge in [0.1, 0.15) is 0 Å². The number of rotatable bonds is 3. The highest BCUT2D eigenvalue weighted by atomic mass is 79.9. The Morgan fingerprint density at radius 1 is 1.30 bits per heavy atom. The Morgan fingerprint density at radius 2 is 2.00 bits per heavy atom. The molecule has 0 saturated heterocycles. The van der Waals surface area contributed by atoms with Gasteiger partial charge in [0.15, 0.2) is 0 Å².